The van der Waals surface area contributed by atoms with Crippen molar-refractivity contribution in [2.24, 2.45) is 0 Å². The van der Waals surface area contributed by atoms with Crippen molar-refractivity contribution in [1.29, 1.82) is 0 Å². The number of amides is 1. The number of nitrogens with zero attached hydrogens (tertiary/aromatic N) is 2. The molecule has 0 aliphatic rings. The van der Waals surface area contributed by atoms with Crippen LogP contribution in [0.2, 0.25) is 0 Å². The van der Waals surface area contributed by atoms with Gasteiger partial charge in [-0.15, -0.1) is 34.0 Å². The zero-order chi connectivity index (χ0) is 15.5. The number of hydrogen-bond donors (Lipinski definition) is 1. The molecule has 112 valence electrons. The molecule has 0 bridgehead atoms. The first kappa shape index (κ1) is 15.0. The van der Waals surface area contributed by atoms with Gasteiger partial charge in [0, 0.05) is 17.7 Å². The van der Waals surface area contributed by atoms with E-state index in [4.69, 9.17) is 0 Å². The van der Waals surface area contributed by atoms with E-state index in [1.807, 2.05) is 22.9 Å². The summed E-state index contributed by atoms with van der Waals surface area (Å²) in [7, 11) is 0. The predicted molar refractivity (Wildman–Crippen MR) is 89.9 cm³/mol. The molecule has 8 heteroatoms. The molecule has 0 aliphatic heterocycles. The van der Waals surface area contributed by atoms with Gasteiger partial charge in [-0.05, 0) is 11.4 Å². The summed E-state index contributed by atoms with van der Waals surface area (Å²) in [6, 6.07) is 3.98. The zero-order valence-electron chi connectivity index (χ0n) is 11.5. The van der Waals surface area contributed by atoms with Crippen LogP contribution in [0.1, 0.15) is 23.1 Å². The molecule has 0 spiro atoms. The minimum absolute atomic E-state index is 0.114. The van der Waals surface area contributed by atoms with Crippen molar-refractivity contribution < 1.29 is 9.59 Å². The Hall–Kier alpha value is -1.90. The normalized spacial score (nSPS) is 10.6. The number of hydrogen-bond acceptors (Lipinski definition) is 7. The van der Waals surface area contributed by atoms with Gasteiger partial charge in [0.25, 0.3) is 0 Å². The third-order valence-corrected chi connectivity index (χ3v) is 5.42. The number of carbonyl (C=O) groups excluding carboxylic acids is 2. The standard InChI is InChI=1S/C14H11N3O2S3/c1-8(18)10-7-22-14(16-10)17-12(19)5-9-6-21-13(15-9)11-3-2-4-20-11/h2-4,6-7H,5H2,1H3,(H,16,17,19). The molecular weight excluding hydrogens is 338 g/mol. The third-order valence-electron chi connectivity index (χ3n) is 2.74. The van der Waals surface area contributed by atoms with Crippen molar-refractivity contribution in [3.63, 3.8) is 0 Å². The molecule has 0 aromatic carbocycles. The van der Waals surface area contributed by atoms with Crippen LogP contribution >= 0.6 is 34.0 Å². The number of aromatic nitrogens is 2. The monoisotopic (exact) mass is 349 g/mol. The molecule has 0 fully saturated rings. The minimum atomic E-state index is -0.188. The van der Waals surface area contributed by atoms with Crippen LogP contribution in [-0.2, 0) is 11.2 Å². The van der Waals surface area contributed by atoms with Gasteiger partial charge in [-0.2, -0.15) is 0 Å². The first-order valence-corrected chi connectivity index (χ1v) is 9.00. The molecule has 0 aliphatic carbocycles. The average Bonchev–Trinajstić information content (AvgIpc) is 3.18. The molecule has 1 amide bonds. The Morgan fingerprint density at radius 3 is 2.73 bits per heavy atom. The lowest BCUT2D eigenvalue weighted by Gasteiger charge is -1.98. The van der Waals surface area contributed by atoms with Crippen LogP contribution in [0, 0.1) is 0 Å². The van der Waals surface area contributed by atoms with Gasteiger partial charge < -0.3 is 5.32 Å². The second kappa shape index (κ2) is 6.47. The third kappa shape index (κ3) is 3.46. The molecule has 0 atom stereocenters. The summed E-state index contributed by atoms with van der Waals surface area (Å²) in [6.45, 7) is 1.45. The van der Waals surface area contributed by atoms with Crippen LogP contribution in [0.25, 0.3) is 9.88 Å². The fourth-order valence-electron chi connectivity index (χ4n) is 1.72. The molecule has 3 aromatic rings. The van der Waals surface area contributed by atoms with Gasteiger partial charge in [0.05, 0.1) is 17.0 Å². The lowest BCUT2D eigenvalue weighted by atomic mass is 10.3. The second-order valence-electron chi connectivity index (χ2n) is 4.44. The number of ketones is 1. The molecule has 3 rings (SSSR count). The Morgan fingerprint density at radius 1 is 1.18 bits per heavy atom. The van der Waals surface area contributed by atoms with Gasteiger partial charge >= 0.3 is 0 Å². The zero-order valence-corrected chi connectivity index (χ0v) is 14.0. The fourth-order valence-corrected chi connectivity index (χ4v) is 4.12. The van der Waals surface area contributed by atoms with Crippen LogP contribution < -0.4 is 5.32 Å². The van der Waals surface area contributed by atoms with E-state index >= 15 is 0 Å². The quantitative estimate of drug-likeness (QED) is 0.713. The fraction of sp³-hybridized carbons (Fsp3) is 0.143. The van der Waals surface area contributed by atoms with Crippen molar-refractivity contribution in [2.75, 3.05) is 5.32 Å². The van der Waals surface area contributed by atoms with E-state index < -0.39 is 0 Å². The Kier molecular flexibility index (Phi) is 4.41. The Balaban J connectivity index is 1.63. The number of nitrogens with one attached hydrogen (secondary N) is 1. The molecule has 0 saturated carbocycles. The summed E-state index contributed by atoms with van der Waals surface area (Å²) in [5.41, 5.74) is 1.10. The Bertz CT molecular complexity index is 805. The highest BCUT2D eigenvalue weighted by atomic mass is 32.1. The minimum Gasteiger partial charge on any atom is -0.302 e. The SMILES string of the molecule is CC(=O)c1csc(NC(=O)Cc2csc(-c3cccs3)n2)n1. The van der Waals surface area contributed by atoms with Gasteiger partial charge in [-0.1, -0.05) is 6.07 Å². The van der Waals surface area contributed by atoms with Crippen LogP contribution in [0.5, 0.6) is 0 Å². The van der Waals surface area contributed by atoms with Gasteiger partial charge in [-0.3, -0.25) is 9.59 Å². The van der Waals surface area contributed by atoms with Crippen molar-refractivity contribution in [3.8, 4) is 9.88 Å². The van der Waals surface area contributed by atoms with Crippen LogP contribution in [0.3, 0.4) is 0 Å². The van der Waals surface area contributed by atoms with Crippen LogP contribution in [0.4, 0.5) is 5.13 Å². The maximum Gasteiger partial charge on any atom is 0.232 e. The van der Waals surface area contributed by atoms with Crippen molar-refractivity contribution in [3.05, 3.63) is 39.7 Å². The van der Waals surface area contributed by atoms with Gasteiger partial charge in [-0.25, -0.2) is 9.97 Å². The lowest BCUT2D eigenvalue weighted by molar-refractivity contribution is -0.115. The number of anilines is 1. The van der Waals surface area contributed by atoms with Crippen LogP contribution in [0.15, 0.2) is 28.3 Å². The van der Waals surface area contributed by atoms with E-state index in [0.717, 1.165) is 15.6 Å². The van der Waals surface area contributed by atoms with E-state index in [2.05, 4.69) is 15.3 Å². The number of Topliss-reactive ketones (excluding diaryl/α,β-unsaturated/α-hetero) is 1. The summed E-state index contributed by atoms with van der Waals surface area (Å²) in [6.07, 6.45) is 0.191. The van der Waals surface area contributed by atoms with Gasteiger partial charge in [0.15, 0.2) is 10.9 Å². The molecule has 0 radical (unpaired) electrons. The average molecular weight is 349 g/mol. The largest absolute Gasteiger partial charge is 0.302 e. The smallest absolute Gasteiger partial charge is 0.232 e. The molecule has 0 saturated heterocycles. The van der Waals surface area contributed by atoms with Gasteiger partial charge in [0.1, 0.15) is 10.7 Å². The lowest BCUT2D eigenvalue weighted by Crippen LogP contribution is -2.14. The molecule has 1 N–H and O–H groups in total. The predicted octanol–water partition coefficient (Wildman–Crippen LogP) is 3.71. The van der Waals surface area contributed by atoms with Crippen molar-refractivity contribution in [2.45, 2.75) is 13.3 Å². The highest BCUT2D eigenvalue weighted by Crippen LogP contribution is 2.28. The van der Waals surface area contributed by atoms with E-state index in [9.17, 15) is 9.59 Å². The molecule has 22 heavy (non-hydrogen) atoms. The molecule has 3 aromatic heterocycles. The second-order valence-corrected chi connectivity index (χ2v) is 7.10. The first-order valence-electron chi connectivity index (χ1n) is 6.36. The molecule has 3 heterocycles. The molecule has 0 unspecified atom stereocenters. The van der Waals surface area contributed by atoms with Crippen molar-refractivity contribution >= 4 is 50.8 Å². The summed E-state index contributed by atoms with van der Waals surface area (Å²) >= 11 is 4.39. The Morgan fingerprint density at radius 2 is 2.05 bits per heavy atom. The molecular formula is C14H11N3O2S3. The highest BCUT2D eigenvalue weighted by Gasteiger charge is 2.12. The number of rotatable bonds is 5. The number of thiophene rings is 1. The Labute approximate surface area is 138 Å². The van der Waals surface area contributed by atoms with E-state index in [0.29, 0.717) is 10.8 Å². The maximum absolute atomic E-state index is 12.0. The maximum atomic E-state index is 12.0. The van der Waals surface area contributed by atoms with E-state index in [1.165, 1.54) is 29.6 Å². The number of thiazole rings is 2. The van der Waals surface area contributed by atoms with Crippen LogP contribution in [-0.4, -0.2) is 21.7 Å². The molecule has 5 nitrogen and oxygen atoms in total. The number of carbonyl (C=O) groups is 2. The van der Waals surface area contributed by atoms with E-state index in [-0.39, 0.29) is 18.1 Å². The summed E-state index contributed by atoms with van der Waals surface area (Å²) < 4.78 is 0. The summed E-state index contributed by atoms with van der Waals surface area (Å²) in [4.78, 5) is 32.8. The van der Waals surface area contributed by atoms with Crippen molar-refractivity contribution in [1.82, 2.24) is 9.97 Å². The first-order chi connectivity index (χ1) is 10.6. The van der Waals surface area contributed by atoms with Gasteiger partial charge in [0.2, 0.25) is 5.91 Å². The summed E-state index contributed by atoms with van der Waals surface area (Å²) in [5, 5.41) is 9.57. The topological polar surface area (TPSA) is 72.0 Å². The summed E-state index contributed by atoms with van der Waals surface area (Å²) in [5.74, 6) is -0.302. The van der Waals surface area contributed by atoms with E-state index in [1.54, 1.807) is 16.7 Å². The highest BCUT2D eigenvalue weighted by molar-refractivity contribution is 7.20.